The Morgan fingerprint density at radius 2 is 1.77 bits per heavy atom. The van der Waals surface area contributed by atoms with E-state index in [0.29, 0.717) is 17.1 Å². The summed E-state index contributed by atoms with van der Waals surface area (Å²) in [5.74, 6) is 0.706. The molecule has 1 aromatic heterocycles. The minimum Gasteiger partial charge on any atom is -0.496 e. The van der Waals surface area contributed by atoms with Crippen molar-refractivity contribution in [1.82, 2.24) is 9.78 Å². The monoisotopic (exact) mass is 486 g/mol. The summed E-state index contributed by atoms with van der Waals surface area (Å²) in [5, 5.41) is 8.83. The summed E-state index contributed by atoms with van der Waals surface area (Å²) in [6, 6.07) is 21.6. The summed E-state index contributed by atoms with van der Waals surface area (Å²) in [7, 11) is 1.66. The number of fused-ring (bicyclic) bond motifs is 1. The molecule has 1 aliphatic rings. The molecule has 0 spiro atoms. The average molecular weight is 487 g/mol. The van der Waals surface area contributed by atoms with Gasteiger partial charge in [0.05, 0.1) is 35.6 Å². The van der Waals surface area contributed by atoms with Crippen LogP contribution in [0.4, 0.5) is 11.4 Å². The van der Waals surface area contributed by atoms with Crippen molar-refractivity contribution in [2.24, 2.45) is 0 Å². The average Bonchev–Trinajstić information content (AvgIpc) is 3.11. The Morgan fingerprint density at radius 3 is 2.46 bits per heavy atom. The fourth-order valence-electron chi connectivity index (χ4n) is 4.54. The molecule has 6 nitrogen and oxygen atoms in total. The molecule has 2 heterocycles. The van der Waals surface area contributed by atoms with Gasteiger partial charge in [-0.05, 0) is 62.7 Å². The molecule has 0 saturated heterocycles. The van der Waals surface area contributed by atoms with Crippen molar-refractivity contribution < 1.29 is 9.53 Å². The fourth-order valence-corrected chi connectivity index (χ4v) is 4.68. The molecular formula is C28H27ClN4O2. The van der Waals surface area contributed by atoms with E-state index in [0.717, 1.165) is 45.2 Å². The fraction of sp³-hybridized carbons (Fsp3) is 0.214. The molecule has 0 radical (unpaired) electrons. The highest BCUT2D eigenvalue weighted by Gasteiger charge is 2.34. The van der Waals surface area contributed by atoms with E-state index in [2.05, 4.69) is 16.5 Å². The Balaban J connectivity index is 1.60. The van der Waals surface area contributed by atoms with Crippen molar-refractivity contribution in [2.75, 3.05) is 17.3 Å². The maximum atomic E-state index is 13.7. The van der Waals surface area contributed by atoms with Crippen LogP contribution in [0.1, 0.15) is 44.6 Å². The van der Waals surface area contributed by atoms with Crippen LogP contribution in [0.5, 0.6) is 5.75 Å². The molecule has 1 atom stereocenters. The van der Waals surface area contributed by atoms with Gasteiger partial charge in [0.2, 0.25) is 0 Å². The zero-order valence-electron chi connectivity index (χ0n) is 20.2. The summed E-state index contributed by atoms with van der Waals surface area (Å²) in [5.41, 5.74) is 7.01. The molecule has 3 aromatic carbocycles. The van der Waals surface area contributed by atoms with Gasteiger partial charge in [-0.2, -0.15) is 5.10 Å². The lowest BCUT2D eigenvalue weighted by atomic mass is 10.0. The van der Waals surface area contributed by atoms with Crippen LogP contribution in [0.15, 0.2) is 66.7 Å². The quantitative estimate of drug-likeness (QED) is 0.360. The lowest BCUT2D eigenvalue weighted by Crippen LogP contribution is -2.43. The van der Waals surface area contributed by atoms with Crippen LogP contribution >= 0.6 is 11.6 Å². The van der Waals surface area contributed by atoms with Gasteiger partial charge in [-0.3, -0.25) is 14.4 Å². The predicted molar refractivity (Wildman–Crippen MR) is 140 cm³/mol. The van der Waals surface area contributed by atoms with Gasteiger partial charge < -0.3 is 10.1 Å². The summed E-state index contributed by atoms with van der Waals surface area (Å²) >= 11 is 6.38. The zero-order valence-corrected chi connectivity index (χ0v) is 20.9. The number of aryl methyl sites for hydroxylation is 2. The van der Waals surface area contributed by atoms with Gasteiger partial charge in [0.25, 0.3) is 5.91 Å². The summed E-state index contributed by atoms with van der Waals surface area (Å²) < 4.78 is 7.54. The number of hydrogen-bond donors (Lipinski definition) is 1. The molecule has 35 heavy (non-hydrogen) atoms. The van der Waals surface area contributed by atoms with Gasteiger partial charge in [0.1, 0.15) is 11.9 Å². The number of halogens is 1. The number of anilines is 2. The normalized spacial score (nSPS) is 15.1. The first-order valence-electron chi connectivity index (χ1n) is 11.5. The highest BCUT2D eigenvalue weighted by molar-refractivity contribution is 6.31. The summed E-state index contributed by atoms with van der Waals surface area (Å²) in [6.45, 7) is 6.38. The molecule has 178 valence electrons. The van der Waals surface area contributed by atoms with Crippen molar-refractivity contribution in [3.63, 3.8) is 0 Å². The van der Waals surface area contributed by atoms with Crippen molar-refractivity contribution in [1.29, 1.82) is 0 Å². The maximum absolute atomic E-state index is 13.7. The van der Waals surface area contributed by atoms with E-state index in [4.69, 9.17) is 16.3 Å². The van der Waals surface area contributed by atoms with E-state index in [1.165, 1.54) is 0 Å². The minimum atomic E-state index is -0.395. The molecule has 0 aliphatic carbocycles. The number of rotatable bonds is 5. The first-order chi connectivity index (χ1) is 16.9. The van der Waals surface area contributed by atoms with E-state index >= 15 is 0 Å². The molecular weight excluding hydrogens is 460 g/mol. The van der Waals surface area contributed by atoms with E-state index in [-0.39, 0.29) is 5.91 Å². The van der Waals surface area contributed by atoms with Gasteiger partial charge in [-0.15, -0.1) is 0 Å². The number of methoxy groups -OCH3 is 1. The molecule has 1 aliphatic heterocycles. The van der Waals surface area contributed by atoms with Gasteiger partial charge in [-0.1, -0.05) is 47.5 Å². The molecule has 5 rings (SSSR count). The minimum absolute atomic E-state index is 0.0455. The van der Waals surface area contributed by atoms with Crippen LogP contribution < -0.4 is 15.0 Å². The summed E-state index contributed by atoms with van der Waals surface area (Å²) in [4.78, 5) is 15.5. The van der Waals surface area contributed by atoms with Crippen LogP contribution in [0.3, 0.4) is 0 Å². The number of hydrogen-bond acceptors (Lipinski definition) is 4. The number of nitrogens with zero attached hydrogens (tertiary/aromatic N) is 3. The Hall–Kier alpha value is -3.77. The molecule has 1 unspecified atom stereocenters. The SMILES string of the molecule is COc1ccc(C2Nc3ccccc3C(=O)N2c2ccc(C)cc2)cc1Cn1nc(C)c(Cl)c1C. The molecule has 7 heteroatoms. The van der Waals surface area contributed by atoms with Gasteiger partial charge in [0, 0.05) is 16.9 Å². The third-order valence-corrected chi connectivity index (χ3v) is 7.02. The van der Waals surface area contributed by atoms with Crippen molar-refractivity contribution in [3.05, 3.63) is 105 Å². The van der Waals surface area contributed by atoms with Crippen molar-refractivity contribution >= 4 is 28.9 Å². The van der Waals surface area contributed by atoms with Gasteiger partial charge in [0.15, 0.2) is 0 Å². The van der Waals surface area contributed by atoms with E-state index in [9.17, 15) is 4.79 Å². The predicted octanol–water partition coefficient (Wildman–Crippen LogP) is 6.29. The molecule has 4 aromatic rings. The first-order valence-corrected chi connectivity index (χ1v) is 11.9. The number of nitrogens with one attached hydrogen (secondary N) is 1. The largest absolute Gasteiger partial charge is 0.496 e. The Bertz CT molecular complexity index is 1410. The number of para-hydroxylation sites is 1. The Kier molecular flexibility index (Phi) is 5.99. The number of ether oxygens (including phenoxy) is 1. The summed E-state index contributed by atoms with van der Waals surface area (Å²) in [6.07, 6.45) is -0.395. The topological polar surface area (TPSA) is 59.4 Å². The molecule has 0 bridgehead atoms. The van der Waals surface area contributed by atoms with Gasteiger partial charge >= 0.3 is 0 Å². The van der Waals surface area contributed by atoms with Crippen molar-refractivity contribution in [2.45, 2.75) is 33.5 Å². The van der Waals surface area contributed by atoms with Crippen molar-refractivity contribution in [3.8, 4) is 5.75 Å². The van der Waals surface area contributed by atoms with Crippen LogP contribution in [0, 0.1) is 20.8 Å². The second-order valence-corrected chi connectivity index (χ2v) is 9.19. The Labute approximate surface area is 210 Å². The standard InChI is InChI=1S/C28H27ClN4O2/c1-17-9-12-22(13-10-17)33-27(30-24-8-6-5-7-23(24)28(33)34)20-11-14-25(35-4)21(15-20)16-32-19(3)26(29)18(2)31-32/h5-15,27,30H,16H2,1-4H3. The zero-order chi connectivity index (χ0) is 24.7. The number of amides is 1. The third kappa shape index (κ3) is 4.15. The number of benzene rings is 3. The second-order valence-electron chi connectivity index (χ2n) is 8.82. The van der Waals surface area contributed by atoms with E-state index in [1.807, 2.05) is 91.0 Å². The van der Waals surface area contributed by atoms with Crippen LogP contribution in [-0.2, 0) is 6.54 Å². The molecule has 0 saturated carbocycles. The highest BCUT2D eigenvalue weighted by atomic mass is 35.5. The van der Waals surface area contributed by atoms with E-state index in [1.54, 1.807) is 7.11 Å². The van der Waals surface area contributed by atoms with Crippen LogP contribution in [-0.4, -0.2) is 22.8 Å². The lowest BCUT2D eigenvalue weighted by Gasteiger charge is -2.38. The molecule has 0 fully saturated rings. The third-order valence-electron chi connectivity index (χ3n) is 6.47. The van der Waals surface area contributed by atoms with Crippen LogP contribution in [0.2, 0.25) is 5.02 Å². The number of aromatic nitrogens is 2. The maximum Gasteiger partial charge on any atom is 0.262 e. The second kappa shape index (κ2) is 9.12. The molecule has 1 amide bonds. The van der Waals surface area contributed by atoms with E-state index < -0.39 is 6.17 Å². The first kappa shape index (κ1) is 23.0. The van der Waals surface area contributed by atoms with Gasteiger partial charge in [-0.25, -0.2) is 0 Å². The Morgan fingerprint density at radius 1 is 1.03 bits per heavy atom. The highest BCUT2D eigenvalue weighted by Crippen LogP contribution is 2.38. The smallest absolute Gasteiger partial charge is 0.262 e. The number of carbonyl (C=O) groups is 1. The lowest BCUT2D eigenvalue weighted by molar-refractivity contribution is 0.0975. The number of carbonyl (C=O) groups excluding carboxylic acids is 1. The van der Waals surface area contributed by atoms with Crippen LogP contribution in [0.25, 0.3) is 0 Å². The molecule has 1 N–H and O–H groups in total.